The summed E-state index contributed by atoms with van der Waals surface area (Å²) in [6, 6.07) is 0. The molecule has 0 aliphatic carbocycles. The van der Waals surface area contributed by atoms with Crippen LogP contribution in [0.3, 0.4) is 0 Å². The smallest absolute Gasteiger partial charge is 0.117 e. The maximum absolute atomic E-state index is 10.3. The lowest BCUT2D eigenvalue weighted by Crippen LogP contribution is -2.15. The Balaban J connectivity index is 4.10. The van der Waals surface area contributed by atoms with Crippen molar-refractivity contribution >= 4 is 28.7 Å². The fourth-order valence-corrected chi connectivity index (χ4v) is 7.95. The standard InChI is InChI=1S/C12H27OPS2/c1-6-8-11(3)9-16-14(13,15)10-12(4,5)7-2/h11H,6-10H2,1-5H3,(H,13,15). The third kappa shape index (κ3) is 8.11. The molecule has 0 aromatic carbocycles. The van der Waals surface area contributed by atoms with Gasteiger partial charge in [0.25, 0.3) is 0 Å². The van der Waals surface area contributed by atoms with Crippen molar-refractivity contribution in [2.45, 2.75) is 53.9 Å². The summed E-state index contributed by atoms with van der Waals surface area (Å²) in [5.74, 6) is 1.69. The Kier molecular flexibility index (Phi) is 7.85. The molecule has 0 rings (SSSR count). The fourth-order valence-electron chi connectivity index (χ4n) is 1.52. The molecule has 0 heterocycles. The van der Waals surface area contributed by atoms with Crippen LogP contribution in [0.5, 0.6) is 0 Å². The molecule has 0 aromatic heterocycles. The van der Waals surface area contributed by atoms with Gasteiger partial charge in [0.05, 0.1) is 0 Å². The predicted octanol–water partition coefficient (Wildman–Crippen LogP) is 4.89. The van der Waals surface area contributed by atoms with Crippen LogP contribution >= 0.6 is 16.8 Å². The maximum Gasteiger partial charge on any atom is 0.117 e. The van der Waals surface area contributed by atoms with Crippen LogP contribution in [-0.4, -0.2) is 16.8 Å². The van der Waals surface area contributed by atoms with Gasteiger partial charge in [-0.3, -0.25) is 0 Å². The molecule has 1 nitrogen and oxygen atoms in total. The summed E-state index contributed by atoms with van der Waals surface area (Å²) in [5.41, 5.74) is -1.97. The van der Waals surface area contributed by atoms with E-state index in [0.29, 0.717) is 5.92 Å². The Bertz CT molecular complexity index is 241. The van der Waals surface area contributed by atoms with E-state index in [-0.39, 0.29) is 5.41 Å². The van der Waals surface area contributed by atoms with Crippen molar-refractivity contribution in [1.82, 2.24) is 0 Å². The van der Waals surface area contributed by atoms with Crippen LogP contribution in [0.1, 0.15) is 53.9 Å². The molecular formula is C12H27OPS2. The zero-order valence-electron chi connectivity index (χ0n) is 11.3. The molecule has 0 saturated heterocycles. The molecule has 2 unspecified atom stereocenters. The van der Waals surface area contributed by atoms with Crippen molar-refractivity contribution in [3.63, 3.8) is 0 Å². The van der Waals surface area contributed by atoms with E-state index in [1.54, 1.807) is 11.4 Å². The normalized spacial score (nSPS) is 18.1. The lowest BCUT2D eigenvalue weighted by atomic mass is 9.93. The lowest BCUT2D eigenvalue weighted by molar-refractivity contribution is 0.397. The number of rotatable bonds is 8. The van der Waals surface area contributed by atoms with E-state index in [1.165, 1.54) is 12.8 Å². The van der Waals surface area contributed by atoms with Gasteiger partial charge in [-0.2, -0.15) is 0 Å². The van der Waals surface area contributed by atoms with E-state index in [4.69, 9.17) is 11.8 Å². The van der Waals surface area contributed by atoms with Gasteiger partial charge in [0, 0.05) is 11.9 Å². The summed E-state index contributed by atoms with van der Waals surface area (Å²) in [5, 5.41) is 0. The van der Waals surface area contributed by atoms with E-state index in [0.717, 1.165) is 18.3 Å². The van der Waals surface area contributed by atoms with Gasteiger partial charge in [-0.15, -0.1) is 0 Å². The molecule has 16 heavy (non-hydrogen) atoms. The van der Waals surface area contributed by atoms with Crippen molar-refractivity contribution in [3.05, 3.63) is 0 Å². The maximum atomic E-state index is 10.3. The van der Waals surface area contributed by atoms with Crippen molar-refractivity contribution in [3.8, 4) is 0 Å². The van der Waals surface area contributed by atoms with E-state index >= 15 is 0 Å². The van der Waals surface area contributed by atoms with Gasteiger partial charge in [-0.25, -0.2) is 0 Å². The van der Waals surface area contributed by atoms with Crippen molar-refractivity contribution in [2.24, 2.45) is 11.3 Å². The van der Waals surface area contributed by atoms with Crippen molar-refractivity contribution < 1.29 is 4.89 Å². The zero-order valence-corrected chi connectivity index (χ0v) is 13.9. The molecule has 0 aliphatic rings. The quantitative estimate of drug-likeness (QED) is 0.640. The summed E-state index contributed by atoms with van der Waals surface area (Å²) in [6.45, 7) is 11.0. The molecule has 2 atom stereocenters. The minimum atomic E-state index is -2.16. The minimum absolute atomic E-state index is 0.186. The summed E-state index contributed by atoms with van der Waals surface area (Å²) in [6.07, 6.45) is 4.34. The topological polar surface area (TPSA) is 20.2 Å². The summed E-state index contributed by atoms with van der Waals surface area (Å²) in [7, 11) is 0. The largest absolute Gasteiger partial charge is 0.357 e. The van der Waals surface area contributed by atoms with Gasteiger partial charge in [0.2, 0.25) is 0 Å². The van der Waals surface area contributed by atoms with E-state index in [9.17, 15) is 4.89 Å². The Hall–Kier alpha value is 0.960. The third-order valence-electron chi connectivity index (χ3n) is 2.93. The summed E-state index contributed by atoms with van der Waals surface area (Å²) < 4.78 is 0. The summed E-state index contributed by atoms with van der Waals surface area (Å²) >= 11 is 7.04. The molecule has 0 amide bonds. The first-order valence-corrected chi connectivity index (χ1v) is 10.7. The minimum Gasteiger partial charge on any atom is -0.357 e. The van der Waals surface area contributed by atoms with Crippen LogP contribution in [-0.2, 0) is 11.8 Å². The average molecular weight is 282 g/mol. The highest BCUT2D eigenvalue weighted by molar-refractivity contribution is 8.69. The van der Waals surface area contributed by atoms with Crippen LogP contribution in [0.15, 0.2) is 0 Å². The molecule has 0 radical (unpaired) electrons. The molecule has 0 aromatic rings. The second-order valence-electron chi connectivity index (χ2n) is 5.50. The Morgan fingerprint density at radius 2 is 1.94 bits per heavy atom. The van der Waals surface area contributed by atoms with Gasteiger partial charge >= 0.3 is 0 Å². The van der Waals surface area contributed by atoms with Crippen molar-refractivity contribution in [1.29, 1.82) is 0 Å². The highest BCUT2D eigenvalue weighted by Gasteiger charge is 2.25. The van der Waals surface area contributed by atoms with E-state index in [1.807, 2.05) is 0 Å². The number of hydrogen-bond acceptors (Lipinski definition) is 2. The van der Waals surface area contributed by atoms with Crippen molar-refractivity contribution in [2.75, 3.05) is 11.9 Å². The van der Waals surface area contributed by atoms with Crippen LogP contribution in [0, 0.1) is 11.3 Å². The molecular weight excluding hydrogens is 255 g/mol. The second kappa shape index (κ2) is 7.41. The molecule has 1 N–H and O–H groups in total. The second-order valence-corrected chi connectivity index (χ2v) is 12.8. The average Bonchev–Trinajstić information content (AvgIpc) is 2.14. The molecule has 0 bridgehead atoms. The monoisotopic (exact) mass is 282 g/mol. The van der Waals surface area contributed by atoms with Gasteiger partial charge in [-0.1, -0.05) is 77.1 Å². The first-order chi connectivity index (χ1) is 7.22. The number of hydrogen-bond donors (Lipinski definition) is 1. The highest BCUT2D eigenvalue weighted by Crippen LogP contribution is 2.59. The highest BCUT2D eigenvalue weighted by atomic mass is 32.9. The van der Waals surface area contributed by atoms with Gasteiger partial charge in [0.15, 0.2) is 0 Å². The van der Waals surface area contributed by atoms with Crippen LogP contribution < -0.4 is 0 Å². The van der Waals surface area contributed by atoms with Crippen LogP contribution in [0.25, 0.3) is 0 Å². The lowest BCUT2D eigenvalue weighted by Gasteiger charge is -2.28. The molecule has 0 aliphatic heterocycles. The SMILES string of the molecule is CCCC(C)CSP(O)(=S)CC(C)(C)CC. The van der Waals surface area contributed by atoms with Gasteiger partial charge < -0.3 is 4.89 Å². The Morgan fingerprint density at radius 1 is 1.38 bits per heavy atom. The molecule has 0 fully saturated rings. The molecule has 4 heteroatoms. The Labute approximate surface area is 111 Å². The van der Waals surface area contributed by atoms with Gasteiger partial charge in [0.1, 0.15) is 5.47 Å². The fraction of sp³-hybridized carbons (Fsp3) is 1.00. The van der Waals surface area contributed by atoms with Crippen LogP contribution in [0.2, 0.25) is 0 Å². The molecule has 0 spiro atoms. The molecule has 98 valence electrons. The summed E-state index contributed by atoms with van der Waals surface area (Å²) in [4.78, 5) is 10.3. The zero-order chi connectivity index (χ0) is 12.8. The van der Waals surface area contributed by atoms with Gasteiger partial charge in [-0.05, 0) is 11.3 Å². The first kappa shape index (κ1) is 17.0. The Morgan fingerprint density at radius 3 is 2.38 bits per heavy atom. The van der Waals surface area contributed by atoms with Crippen LogP contribution in [0.4, 0.5) is 0 Å². The third-order valence-corrected chi connectivity index (χ3v) is 8.69. The first-order valence-electron chi connectivity index (χ1n) is 6.19. The van der Waals surface area contributed by atoms with E-state index in [2.05, 4.69) is 34.6 Å². The molecule has 0 saturated carbocycles. The van der Waals surface area contributed by atoms with E-state index < -0.39 is 5.47 Å². The predicted molar refractivity (Wildman–Crippen MR) is 82.0 cm³/mol.